The molecule has 7 heteroatoms. The summed E-state index contributed by atoms with van der Waals surface area (Å²) in [5, 5.41) is 5.86. The van der Waals surface area contributed by atoms with E-state index in [1.807, 2.05) is 24.3 Å². The Labute approximate surface area is 136 Å². The number of hydrogen-bond donors (Lipinski definition) is 2. The van der Waals surface area contributed by atoms with Gasteiger partial charge >= 0.3 is 0 Å². The minimum Gasteiger partial charge on any atom is -0.349 e. The molecule has 6 nitrogen and oxygen atoms in total. The molecule has 0 fully saturated rings. The zero-order valence-electron chi connectivity index (χ0n) is 12.2. The van der Waals surface area contributed by atoms with E-state index in [-0.39, 0.29) is 11.8 Å². The van der Waals surface area contributed by atoms with Gasteiger partial charge in [-0.25, -0.2) is 4.98 Å². The maximum absolute atomic E-state index is 12.0. The summed E-state index contributed by atoms with van der Waals surface area (Å²) >= 11 is 1.35. The molecule has 0 aliphatic carbocycles. The van der Waals surface area contributed by atoms with E-state index >= 15 is 0 Å². The van der Waals surface area contributed by atoms with E-state index in [4.69, 9.17) is 0 Å². The van der Waals surface area contributed by atoms with Crippen LogP contribution in [0.5, 0.6) is 0 Å². The number of benzene rings is 1. The number of carbonyl (C=O) groups is 2. The molecular weight excluding hydrogens is 312 g/mol. The van der Waals surface area contributed by atoms with Gasteiger partial charge in [-0.05, 0) is 24.3 Å². The highest BCUT2D eigenvalue weighted by atomic mass is 32.1. The first kappa shape index (κ1) is 15.1. The molecule has 2 aromatic heterocycles. The van der Waals surface area contributed by atoms with Crippen molar-refractivity contribution in [3.63, 3.8) is 0 Å². The minimum atomic E-state index is -0.264. The predicted molar refractivity (Wildman–Crippen MR) is 88.5 cm³/mol. The molecule has 3 rings (SSSR count). The van der Waals surface area contributed by atoms with Crippen molar-refractivity contribution in [1.29, 1.82) is 0 Å². The summed E-state index contributed by atoms with van der Waals surface area (Å²) in [6.07, 6.45) is 1.56. The molecule has 0 radical (unpaired) electrons. The zero-order valence-corrected chi connectivity index (χ0v) is 13.0. The highest BCUT2D eigenvalue weighted by molar-refractivity contribution is 7.20. The lowest BCUT2D eigenvalue weighted by Crippen LogP contribution is -2.34. The second-order valence-corrected chi connectivity index (χ2v) is 5.74. The van der Waals surface area contributed by atoms with Crippen molar-refractivity contribution >= 4 is 33.4 Å². The highest BCUT2D eigenvalue weighted by Gasteiger charge is 2.11. The molecule has 0 saturated heterocycles. The lowest BCUT2D eigenvalue weighted by atomic mass is 10.3. The summed E-state index contributed by atoms with van der Waals surface area (Å²) in [5.41, 5.74) is 1.16. The lowest BCUT2D eigenvalue weighted by molar-refractivity contribution is 0.0925. The maximum Gasteiger partial charge on any atom is 0.280 e. The van der Waals surface area contributed by atoms with E-state index in [1.165, 1.54) is 11.3 Å². The molecule has 0 unspecified atom stereocenters. The molecule has 3 aromatic rings. The molecular formula is C16H14N4O2S. The van der Waals surface area contributed by atoms with Crippen molar-refractivity contribution in [2.45, 2.75) is 0 Å². The number of para-hydroxylation sites is 1. The minimum absolute atomic E-state index is 0.238. The van der Waals surface area contributed by atoms with Gasteiger partial charge in [-0.3, -0.25) is 14.6 Å². The monoisotopic (exact) mass is 326 g/mol. The van der Waals surface area contributed by atoms with Gasteiger partial charge in [0.15, 0.2) is 5.01 Å². The van der Waals surface area contributed by atoms with Gasteiger partial charge in [0.2, 0.25) is 0 Å². The normalized spacial score (nSPS) is 10.4. The summed E-state index contributed by atoms with van der Waals surface area (Å²) in [4.78, 5) is 32.1. The van der Waals surface area contributed by atoms with Crippen LogP contribution in [0, 0.1) is 0 Å². The largest absolute Gasteiger partial charge is 0.349 e. The fraction of sp³-hybridized carbons (Fsp3) is 0.125. The molecule has 116 valence electrons. The number of aromatic nitrogens is 2. The van der Waals surface area contributed by atoms with Crippen LogP contribution in [-0.4, -0.2) is 34.9 Å². The maximum atomic E-state index is 12.0. The molecule has 2 N–H and O–H groups in total. The summed E-state index contributed by atoms with van der Waals surface area (Å²) in [6, 6.07) is 12.7. The highest BCUT2D eigenvalue weighted by Crippen LogP contribution is 2.21. The third-order valence-electron chi connectivity index (χ3n) is 3.08. The molecule has 0 spiro atoms. The van der Waals surface area contributed by atoms with Crippen LogP contribution in [0.4, 0.5) is 0 Å². The third kappa shape index (κ3) is 3.70. The Bertz CT molecular complexity index is 799. The Morgan fingerprint density at radius 1 is 0.957 bits per heavy atom. The van der Waals surface area contributed by atoms with Crippen LogP contribution in [0.15, 0.2) is 48.7 Å². The van der Waals surface area contributed by atoms with E-state index in [9.17, 15) is 9.59 Å². The molecule has 1 aromatic carbocycles. The van der Waals surface area contributed by atoms with Crippen molar-refractivity contribution in [2.75, 3.05) is 13.1 Å². The van der Waals surface area contributed by atoms with Crippen molar-refractivity contribution in [3.8, 4) is 0 Å². The van der Waals surface area contributed by atoms with Crippen LogP contribution < -0.4 is 10.6 Å². The number of nitrogens with zero attached hydrogens (tertiary/aromatic N) is 2. The SMILES string of the molecule is O=C(NCCNC(=O)c1nc2ccccc2s1)c1ccccn1. The number of pyridine rings is 1. The van der Waals surface area contributed by atoms with Gasteiger partial charge in [0.1, 0.15) is 5.69 Å². The predicted octanol–water partition coefficient (Wildman–Crippen LogP) is 1.85. The van der Waals surface area contributed by atoms with Crippen molar-refractivity contribution in [2.24, 2.45) is 0 Å². The number of nitrogens with one attached hydrogen (secondary N) is 2. The summed E-state index contributed by atoms with van der Waals surface area (Å²) in [7, 11) is 0. The molecule has 0 bridgehead atoms. The number of hydrogen-bond acceptors (Lipinski definition) is 5. The molecule has 0 aliphatic heterocycles. The number of amides is 2. The van der Waals surface area contributed by atoms with Crippen molar-refractivity contribution in [3.05, 3.63) is 59.4 Å². The lowest BCUT2D eigenvalue weighted by Gasteiger charge is -2.05. The number of thiazole rings is 1. The van der Waals surface area contributed by atoms with E-state index in [0.29, 0.717) is 23.8 Å². The average Bonchev–Trinajstić information content (AvgIpc) is 3.03. The van der Waals surface area contributed by atoms with Crippen LogP contribution >= 0.6 is 11.3 Å². The first-order chi connectivity index (χ1) is 11.2. The van der Waals surface area contributed by atoms with E-state index in [2.05, 4.69) is 20.6 Å². The van der Waals surface area contributed by atoms with Crippen LogP contribution in [0.25, 0.3) is 10.2 Å². The molecule has 0 atom stereocenters. The Morgan fingerprint density at radius 3 is 2.43 bits per heavy atom. The first-order valence-electron chi connectivity index (χ1n) is 7.07. The summed E-state index contributed by atoms with van der Waals surface area (Å²) in [5.74, 6) is -0.502. The quantitative estimate of drug-likeness (QED) is 0.701. The van der Waals surface area contributed by atoms with Gasteiger partial charge in [-0.2, -0.15) is 0 Å². The second-order valence-electron chi connectivity index (χ2n) is 4.71. The van der Waals surface area contributed by atoms with Gasteiger partial charge in [0.05, 0.1) is 10.2 Å². The molecule has 0 saturated carbocycles. The van der Waals surface area contributed by atoms with Crippen molar-refractivity contribution < 1.29 is 9.59 Å². The number of fused-ring (bicyclic) bond motifs is 1. The molecule has 2 amide bonds. The fourth-order valence-electron chi connectivity index (χ4n) is 1.98. The van der Waals surface area contributed by atoms with Gasteiger partial charge < -0.3 is 10.6 Å². The van der Waals surface area contributed by atoms with Gasteiger partial charge in [-0.1, -0.05) is 18.2 Å². The Hall–Kier alpha value is -2.80. The molecule has 0 aliphatic rings. The van der Waals surface area contributed by atoms with E-state index < -0.39 is 0 Å². The molecule has 2 heterocycles. The first-order valence-corrected chi connectivity index (χ1v) is 7.89. The van der Waals surface area contributed by atoms with Gasteiger partial charge in [-0.15, -0.1) is 11.3 Å². The van der Waals surface area contributed by atoms with Crippen molar-refractivity contribution in [1.82, 2.24) is 20.6 Å². The van der Waals surface area contributed by atoms with Crippen LogP contribution in [-0.2, 0) is 0 Å². The van der Waals surface area contributed by atoms with E-state index in [1.54, 1.807) is 24.4 Å². The summed E-state index contributed by atoms with van der Waals surface area (Å²) in [6.45, 7) is 0.652. The van der Waals surface area contributed by atoms with Gasteiger partial charge in [0, 0.05) is 19.3 Å². The fourth-order valence-corrected chi connectivity index (χ4v) is 2.87. The molecule has 23 heavy (non-hydrogen) atoms. The Balaban J connectivity index is 1.49. The second kappa shape index (κ2) is 6.97. The summed E-state index contributed by atoms with van der Waals surface area (Å²) < 4.78 is 0.973. The average molecular weight is 326 g/mol. The van der Waals surface area contributed by atoms with E-state index in [0.717, 1.165) is 10.2 Å². The third-order valence-corrected chi connectivity index (χ3v) is 4.12. The van der Waals surface area contributed by atoms with Crippen LogP contribution in [0.1, 0.15) is 20.3 Å². The van der Waals surface area contributed by atoms with Gasteiger partial charge in [0.25, 0.3) is 11.8 Å². The Morgan fingerprint density at radius 2 is 1.70 bits per heavy atom. The standard InChI is InChI=1S/C16H14N4O2S/c21-14(12-6-3-4-8-17-12)18-9-10-19-15(22)16-20-11-5-1-2-7-13(11)23-16/h1-8H,9-10H2,(H,18,21)(H,19,22). The number of rotatable bonds is 5. The topological polar surface area (TPSA) is 84.0 Å². The smallest absolute Gasteiger partial charge is 0.280 e. The van der Waals surface area contributed by atoms with Crippen LogP contribution in [0.2, 0.25) is 0 Å². The zero-order chi connectivity index (χ0) is 16.1. The Kier molecular flexibility index (Phi) is 4.58. The number of carbonyl (C=O) groups excluding carboxylic acids is 2. The van der Waals surface area contributed by atoms with Crippen LogP contribution in [0.3, 0.4) is 0 Å².